The number of nitrogens with zero attached hydrogens (tertiary/aromatic N) is 1. The number of carbonyl (C=O) groups excluding carboxylic acids is 2. The minimum atomic E-state index is -1.11. The zero-order valence-corrected chi connectivity index (χ0v) is 13.3. The number of amides is 2. The third kappa shape index (κ3) is 3.61. The number of hydrogen-bond acceptors (Lipinski definition) is 4. The number of carboxylic acid groups (broad SMARTS) is 1. The summed E-state index contributed by atoms with van der Waals surface area (Å²) in [6.45, 7) is 3.50. The van der Waals surface area contributed by atoms with E-state index in [1.807, 2.05) is 19.1 Å². The number of aliphatic carboxylic acids is 1. The number of ether oxygens (including phenoxy) is 1. The Hall–Kier alpha value is -2.57. The summed E-state index contributed by atoms with van der Waals surface area (Å²) < 4.78 is 5.28. The Morgan fingerprint density at radius 2 is 2.13 bits per heavy atom. The lowest BCUT2D eigenvalue weighted by Gasteiger charge is -2.20. The second-order valence-corrected chi connectivity index (χ2v) is 5.65. The van der Waals surface area contributed by atoms with E-state index in [-0.39, 0.29) is 18.9 Å². The molecule has 1 aromatic carbocycles. The number of aryl methyl sites for hydroxylation is 1. The van der Waals surface area contributed by atoms with Gasteiger partial charge in [0.05, 0.1) is 18.7 Å². The van der Waals surface area contributed by atoms with Crippen LogP contribution in [0, 0.1) is 12.8 Å². The first-order valence-electron chi connectivity index (χ1n) is 7.31. The topological polar surface area (TPSA) is 95.9 Å². The van der Waals surface area contributed by atoms with Crippen LogP contribution >= 0.6 is 0 Å². The Kier molecular flexibility index (Phi) is 4.88. The first kappa shape index (κ1) is 16.8. The van der Waals surface area contributed by atoms with Gasteiger partial charge in [-0.25, -0.2) is 0 Å². The summed E-state index contributed by atoms with van der Waals surface area (Å²) in [5.41, 5.74) is 1.60. The van der Waals surface area contributed by atoms with Crippen molar-refractivity contribution in [2.75, 3.05) is 18.6 Å². The van der Waals surface area contributed by atoms with Crippen LogP contribution in [0.25, 0.3) is 0 Å². The zero-order chi connectivity index (χ0) is 17.1. The molecule has 0 aliphatic carbocycles. The van der Waals surface area contributed by atoms with E-state index in [4.69, 9.17) is 9.84 Å². The van der Waals surface area contributed by atoms with Crippen molar-refractivity contribution in [2.24, 2.45) is 5.92 Å². The molecule has 0 bridgehead atoms. The second-order valence-electron chi connectivity index (χ2n) is 5.65. The van der Waals surface area contributed by atoms with Gasteiger partial charge in [0, 0.05) is 13.0 Å². The number of benzene rings is 1. The Bertz CT molecular complexity index is 643. The fourth-order valence-electron chi connectivity index (χ4n) is 2.52. The molecule has 1 heterocycles. The number of rotatable bonds is 5. The van der Waals surface area contributed by atoms with E-state index in [1.165, 1.54) is 18.9 Å². The summed E-state index contributed by atoms with van der Waals surface area (Å²) >= 11 is 0. The third-order valence-corrected chi connectivity index (χ3v) is 3.85. The Morgan fingerprint density at radius 1 is 1.43 bits per heavy atom. The fourth-order valence-corrected chi connectivity index (χ4v) is 2.52. The van der Waals surface area contributed by atoms with Gasteiger partial charge >= 0.3 is 5.97 Å². The van der Waals surface area contributed by atoms with Gasteiger partial charge in [-0.1, -0.05) is 6.07 Å². The number of anilines is 1. The van der Waals surface area contributed by atoms with E-state index in [2.05, 4.69) is 5.32 Å². The van der Waals surface area contributed by atoms with Gasteiger partial charge in [-0.3, -0.25) is 14.4 Å². The highest BCUT2D eigenvalue weighted by atomic mass is 16.5. The molecular formula is C16H20N2O5. The van der Waals surface area contributed by atoms with Crippen molar-refractivity contribution < 1.29 is 24.2 Å². The van der Waals surface area contributed by atoms with E-state index in [0.29, 0.717) is 11.4 Å². The number of methoxy groups -OCH3 is 1. The quantitative estimate of drug-likeness (QED) is 0.842. The molecule has 7 heteroatoms. The molecule has 1 aliphatic heterocycles. The largest absolute Gasteiger partial charge is 0.495 e. The molecule has 0 radical (unpaired) electrons. The number of nitrogens with one attached hydrogen (secondary N) is 1. The van der Waals surface area contributed by atoms with Crippen LogP contribution in [0.15, 0.2) is 18.2 Å². The molecule has 2 N–H and O–H groups in total. The third-order valence-electron chi connectivity index (χ3n) is 3.85. The normalized spacial score (nSPS) is 18.7. The molecule has 0 spiro atoms. The number of carboxylic acids is 1. The van der Waals surface area contributed by atoms with Crippen molar-refractivity contribution >= 4 is 23.5 Å². The number of carbonyl (C=O) groups is 3. The molecule has 2 atom stereocenters. The minimum Gasteiger partial charge on any atom is -0.495 e. The van der Waals surface area contributed by atoms with Gasteiger partial charge in [0.1, 0.15) is 11.8 Å². The molecule has 1 aromatic rings. The maximum absolute atomic E-state index is 12.3. The van der Waals surface area contributed by atoms with Gasteiger partial charge in [0.2, 0.25) is 11.8 Å². The number of hydrogen-bond donors (Lipinski definition) is 2. The molecule has 1 aliphatic rings. The lowest BCUT2D eigenvalue weighted by molar-refractivity contribution is -0.141. The Labute approximate surface area is 134 Å². The lowest BCUT2D eigenvalue weighted by Crippen LogP contribution is -2.42. The Balaban J connectivity index is 2.16. The second kappa shape index (κ2) is 6.68. The van der Waals surface area contributed by atoms with Crippen molar-refractivity contribution in [2.45, 2.75) is 26.3 Å². The van der Waals surface area contributed by atoms with Crippen molar-refractivity contribution in [3.63, 3.8) is 0 Å². The molecule has 1 fully saturated rings. The molecule has 2 amide bonds. The summed E-state index contributed by atoms with van der Waals surface area (Å²) in [6, 6.07) is 4.50. The molecule has 0 aromatic heterocycles. The molecule has 2 rings (SSSR count). The molecule has 1 saturated heterocycles. The van der Waals surface area contributed by atoms with Crippen LogP contribution in [0.1, 0.15) is 18.9 Å². The average Bonchev–Trinajstić information content (AvgIpc) is 2.89. The summed E-state index contributed by atoms with van der Waals surface area (Å²) in [5.74, 6) is -1.74. The maximum atomic E-state index is 12.3. The maximum Gasteiger partial charge on any atom is 0.325 e. The average molecular weight is 320 g/mol. The monoisotopic (exact) mass is 320 g/mol. The van der Waals surface area contributed by atoms with Crippen LogP contribution in [0.5, 0.6) is 5.75 Å². The van der Waals surface area contributed by atoms with Crippen molar-refractivity contribution in [1.29, 1.82) is 0 Å². The summed E-state index contributed by atoms with van der Waals surface area (Å²) in [4.78, 5) is 36.7. The van der Waals surface area contributed by atoms with Gasteiger partial charge < -0.3 is 20.1 Å². The van der Waals surface area contributed by atoms with Gasteiger partial charge in [0.15, 0.2) is 0 Å². The molecule has 7 nitrogen and oxygen atoms in total. The molecule has 23 heavy (non-hydrogen) atoms. The molecular weight excluding hydrogens is 300 g/mol. The molecule has 0 saturated carbocycles. The predicted molar refractivity (Wildman–Crippen MR) is 83.4 cm³/mol. The SMILES string of the molecule is COc1ccc(C)cc1N1CC(C(=O)N[C@H](C)C(=O)O)CC1=O. The molecule has 124 valence electrons. The van der Waals surface area contributed by atoms with E-state index in [9.17, 15) is 14.4 Å². The summed E-state index contributed by atoms with van der Waals surface area (Å²) in [7, 11) is 1.52. The van der Waals surface area contributed by atoms with Crippen LogP contribution in [0.3, 0.4) is 0 Å². The van der Waals surface area contributed by atoms with Gasteiger partial charge in [-0.2, -0.15) is 0 Å². The van der Waals surface area contributed by atoms with Crippen LogP contribution in [0.4, 0.5) is 5.69 Å². The summed E-state index contributed by atoms with van der Waals surface area (Å²) in [5, 5.41) is 11.3. The van der Waals surface area contributed by atoms with Crippen LogP contribution in [0.2, 0.25) is 0 Å². The van der Waals surface area contributed by atoms with Crippen molar-refractivity contribution in [3.8, 4) is 5.75 Å². The van der Waals surface area contributed by atoms with Gasteiger partial charge in [-0.15, -0.1) is 0 Å². The highest BCUT2D eigenvalue weighted by Gasteiger charge is 2.37. The standard InChI is InChI=1S/C16H20N2O5/c1-9-4-5-13(23-3)12(6-9)18-8-11(7-14(18)19)15(20)17-10(2)16(21)22/h4-6,10-11H,7-8H2,1-3H3,(H,17,20)(H,21,22)/t10-,11?/m1/s1. The highest BCUT2D eigenvalue weighted by Crippen LogP contribution is 2.33. The van der Waals surface area contributed by atoms with E-state index in [0.717, 1.165) is 5.56 Å². The predicted octanol–water partition coefficient (Wildman–Crippen LogP) is 0.946. The van der Waals surface area contributed by atoms with Crippen LogP contribution in [-0.2, 0) is 14.4 Å². The Morgan fingerprint density at radius 3 is 2.74 bits per heavy atom. The minimum absolute atomic E-state index is 0.0509. The van der Waals surface area contributed by atoms with Gasteiger partial charge in [-0.05, 0) is 31.5 Å². The smallest absolute Gasteiger partial charge is 0.325 e. The fraction of sp³-hybridized carbons (Fsp3) is 0.438. The van der Waals surface area contributed by atoms with E-state index in [1.54, 1.807) is 6.07 Å². The van der Waals surface area contributed by atoms with E-state index >= 15 is 0 Å². The first-order valence-corrected chi connectivity index (χ1v) is 7.31. The van der Waals surface area contributed by atoms with E-state index < -0.39 is 23.8 Å². The van der Waals surface area contributed by atoms with Crippen molar-refractivity contribution in [1.82, 2.24) is 5.32 Å². The van der Waals surface area contributed by atoms with Crippen LogP contribution < -0.4 is 15.0 Å². The lowest BCUT2D eigenvalue weighted by atomic mass is 10.1. The zero-order valence-electron chi connectivity index (χ0n) is 13.3. The first-order chi connectivity index (χ1) is 10.8. The summed E-state index contributed by atoms with van der Waals surface area (Å²) in [6.07, 6.45) is 0.0509. The van der Waals surface area contributed by atoms with Crippen LogP contribution in [-0.4, -0.2) is 42.6 Å². The highest BCUT2D eigenvalue weighted by molar-refractivity contribution is 6.01. The van der Waals surface area contributed by atoms with Crippen molar-refractivity contribution in [3.05, 3.63) is 23.8 Å². The molecule has 1 unspecified atom stereocenters. The van der Waals surface area contributed by atoms with Gasteiger partial charge in [0.25, 0.3) is 0 Å².